The van der Waals surface area contributed by atoms with Gasteiger partial charge in [-0.1, -0.05) is 20.8 Å². The molecule has 1 fully saturated rings. The lowest BCUT2D eigenvalue weighted by Crippen LogP contribution is -2.53. The van der Waals surface area contributed by atoms with Crippen LogP contribution in [0.3, 0.4) is 0 Å². The van der Waals surface area contributed by atoms with Crippen LogP contribution in [0, 0.1) is 31.1 Å². The molecular weight excluding hydrogens is 302 g/mol. The summed E-state index contributed by atoms with van der Waals surface area (Å²) in [6.45, 7) is 13.8. The first-order chi connectivity index (χ1) is 11.4. The first-order valence-electron chi connectivity index (χ1n) is 8.87. The Morgan fingerprint density at radius 3 is 2.38 bits per heavy atom. The zero-order chi connectivity index (χ0) is 17.9. The third-order valence-corrected chi connectivity index (χ3v) is 4.79. The number of hydrogen-bond donors (Lipinski definition) is 0. The Bertz CT molecular complexity index is 620. The fourth-order valence-corrected chi connectivity index (χ4v) is 3.45. The number of piperazine rings is 1. The molecule has 2 heterocycles. The van der Waals surface area contributed by atoms with Gasteiger partial charge in [-0.2, -0.15) is 10.4 Å². The van der Waals surface area contributed by atoms with Gasteiger partial charge in [0.1, 0.15) is 6.04 Å². The average Bonchev–Trinajstić information content (AvgIpc) is 2.82. The van der Waals surface area contributed by atoms with Crippen LogP contribution < -0.4 is 0 Å². The van der Waals surface area contributed by atoms with Crippen molar-refractivity contribution in [1.29, 1.82) is 5.26 Å². The van der Waals surface area contributed by atoms with Gasteiger partial charge in [-0.05, 0) is 26.2 Å². The van der Waals surface area contributed by atoms with Crippen LogP contribution in [0.2, 0.25) is 0 Å². The van der Waals surface area contributed by atoms with E-state index in [1.165, 1.54) is 0 Å². The lowest BCUT2D eigenvalue weighted by Gasteiger charge is -2.38. The Balaban J connectivity index is 2.07. The van der Waals surface area contributed by atoms with E-state index in [1.54, 1.807) is 0 Å². The molecule has 1 aromatic rings. The highest BCUT2D eigenvalue weighted by molar-refractivity contribution is 5.96. The number of hydrogen-bond acceptors (Lipinski definition) is 4. The van der Waals surface area contributed by atoms with Crippen molar-refractivity contribution in [2.75, 3.05) is 26.2 Å². The lowest BCUT2D eigenvalue weighted by molar-refractivity contribution is 0.0575. The van der Waals surface area contributed by atoms with Crippen molar-refractivity contribution in [1.82, 2.24) is 19.6 Å². The molecule has 1 aliphatic heterocycles. The summed E-state index contributed by atoms with van der Waals surface area (Å²) in [7, 11) is 0. The Morgan fingerprint density at radius 1 is 1.25 bits per heavy atom. The molecule has 132 valence electrons. The molecule has 0 aliphatic carbocycles. The molecule has 0 unspecified atom stereocenters. The molecule has 24 heavy (non-hydrogen) atoms. The van der Waals surface area contributed by atoms with Crippen LogP contribution in [0.4, 0.5) is 0 Å². The maximum Gasteiger partial charge on any atom is 0.257 e. The maximum absolute atomic E-state index is 12.9. The van der Waals surface area contributed by atoms with E-state index in [2.05, 4.69) is 36.8 Å². The molecule has 0 N–H and O–H groups in total. The van der Waals surface area contributed by atoms with Gasteiger partial charge in [0.25, 0.3) is 5.91 Å². The highest BCUT2D eigenvalue weighted by Gasteiger charge is 2.30. The third kappa shape index (κ3) is 3.62. The Morgan fingerprint density at radius 2 is 1.88 bits per heavy atom. The van der Waals surface area contributed by atoms with Gasteiger partial charge in [-0.15, -0.1) is 0 Å². The molecule has 0 radical (unpaired) electrons. The van der Waals surface area contributed by atoms with Gasteiger partial charge >= 0.3 is 0 Å². The number of nitrogens with zero attached hydrogens (tertiary/aromatic N) is 5. The van der Waals surface area contributed by atoms with E-state index in [9.17, 15) is 10.1 Å². The minimum atomic E-state index is -0.0713. The number of carbonyl (C=O) groups excluding carboxylic acids is 1. The van der Waals surface area contributed by atoms with Crippen molar-refractivity contribution in [3.05, 3.63) is 17.0 Å². The lowest BCUT2D eigenvalue weighted by atomic mass is 10.0. The third-order valence-electron chi connectivity index (χ3n) is 4.79. The van der Waals surface area contributed by atoms with E-state index in [0.717, 1.165) is 43.0 Å². The molecule has 0 saturated carbocycles. The summed E-state index contributed by atoms with van der Waals surface area (Å²) in [5.74, 6) is 0.374. The van der Waals surface area contributed by atoms with Gasteiger partial charge in [0.15, 0.2) is 0 Å². The van der Waals surface area contributed by atoms with Crippen molar-refractivity contribution in [2.45, 2.75) is 53.6 Å². The first kappa shape index (κ1) is 18.5. The van der Waals surface area contributed by atoms with Crippen LogP contribution in [-0.4, -0.2) is 57.7 Å². The second kappa shape index (κ2) is 7.80. The molecule has 0 spiro atoms. The molecule has 0 aromatic carbocycles. The Hall–Kier alpha value is -1.87. The molecule has 1 atom stereocenters. The van der Waals surface area contributed by atoms with E-state index in [4.69, 9.17) is 0 Å². The normalized spacial score (nSPS) is 17.1. The largest absolute Gasteiger partial charge is 0.336 e. The van der Waals surface area contributed by atoms with E-state index < -0.39 is 0 Å². The summed E-state index contributed by atoms with van der Waals surface area (Å²) in [5.41, 5.74) is 2.52. The number of amides is 1. The molecule has 6 nitrogen and oxygen atoms in total. The monoisotopic (exact) mass is 331 g/mol. The summed E-state index contributed by atoms with van der Waals surface area (Å²) in [6, 6.07) is 2.32. The Labute approximate surface area is 145 Å². The minimum absolute atomic E-state index is 0.0713. The van der Waals surface area contributed by atoms with E-state index in [-0.39, 0.29) is 11.9 Å². The zero-order valence-corrected chi connectivity index (χ0v) is 15.5. The van der Waals surface area contributed by atoms with Gasteiger partial charge in [0.05, 0.1) is 17.3 Å². The van der Waals surface area contributed by atoms with Gasteiger partial charge < -0.3 is 4.90 Å². The molecule has 0 bridgehead atoms. The average molecular weight is 331 g/mol. The van der Waals surface area contributed by atoms with Crippen LogP contribution in [0.25, 0.3) is 0 Å². The second-order valence-corrected chi connectivity index (χ2v) is 6.92. The van der Waals surface area contributed by atoms with Crippen LogP contribution >= 0.6 is 0 Å². The molecule has 1 amide bonds. The zero-order valence-electron chi connectivity index (χ0n) is 15.5. The number of rotatable bonds is 5. The molecule has 1 aromatic heterocycles. The molecule has 2 rings (SSSR count). The molecule has 6 heteroatoms. The van der Waals surface area contributed by atoms with Gasteiger partial charge in [-0.3, -0.25) is 14.4 Å². The number of aromatic nitrogens is 2. The summed E-state index contributed by atoms with van der Waals surface area (Å²) >= 11 is 0. The van der Waals surface area contributed by atoms with Crippen LogP contribution in [0.15, 0.2) is 0 Å². The number of carbonyl (C=O) groups is 1. The summed E-state index contributed by atoms with van der Waals surface area (Å²) in [4.78, 5) is 17.0. The van der Waals surface area contributed by atoms with Crippen molar-refractivity contribution < 1.29 is 4.79 Å². The summed E-state index contributed by atoms with van der Waals surface area (Å²) < 4.78 is 1.93. The van der Waals surface area contributed by atoms with Crippen LogP contribution in [0.1, 0.15) is 48.9 Å². The van der Waals surface area contributed by atoms with Crippen LogP contribution in [0.5, 0.6) is 0 Å². The molecular formula is C18H29N5O. The highest BCUT2D eigenvalue weighted by Crippen LogP contribution is 2.19. The smallest absolute Gasteiger partial charge is 0.257 e. The summed E-state index contributed by atoms with van der Waals surface area (Å²) in [6.07, 6.45) is 0.999. The van der Waals surface area contributed by atoms with Gasteiger partial charge in [-0.25, -0.2) is 0 Å². The van der Waals surface area contributed by atoms with Crippen LogP contribution in [-0.2, 0) is 6.54 Å². The number of nitriles is 1. The molecule has 1 saturated heterocycles. The van der Waals surface area contributed by atoms with Crippen molar-refractivity contribution in [3.63, 3.8) is 0 Å². The van der Waals surface area contributed by atoms with Gasteiger partial charge in [0.2, 0.25) is 0 Å². The van der Waals surface area contributed by atoms with Crippen molar-refractivity contribution in [2.24, 2.45) is 5.92 Å². The van der Waals surface area contributed by atoms with E-state index >= 15 is 0 Å². The fraction of sp³-hybridized carbons (Fsp3) is 0.722. The fourth-order valence-electron chi connectivity index (χ4n) is 3.45. The Kier molecular flexibility index (Phi) is 6.00. The predicted octanol–water partition coefficient (Wildman–Crippen LogP) is 2.22. The van der Waals surface area contributed by atoms with Crippen molar-refractivity contribution >= 4 is 5.91 Å². The maximum atomic E-state index is 12.9. The number of aryl methyl sites for hydroxylation is 2. The first-order valence-corrected chi connectivity index (χ1v) is 8.87. The predicted molar refractivity (Wildman–Crippen MR) is 93.7 cm³/mol. The topological polar surface area (TPSA) is 65.2 Å². The van der Waals surface area contributed by atoms with Gasteiger partial charge in [0, 0.05) is 38.4 Å². The van der Waals surface area contributed by atoms with E-state index in [1.807, 2.05) is 23.4 Å². The SMILES string of the molecule is CCCn1nc(C)c(C(=O)N2CCN([C@H](C#N)C(C)C)CC2)c1C. The molecule has 1 aliphatic rings. The standard InChI is InChI=1S/C18H29N5O/c1-6-7-23-15(5)17(14(4)20-23)18(24)22-10-8-21(9-11-22)16(12-19)13(2)3/h13,16H,6-11H2,1-5H3/t16-/m1/s1. The second-order valence-electron chi connectivity index (χ2n) is 6.92. The van der Waals surface area contributed by atoms with E-state index in [0.29, 0.717) is 19.0 Å². The summed E-state index contributed by atoms with van der Waals surface area (Å²) in [5, 5.41) is 13.9. The quantitative estimate of drug-likeness (QED) is 0.830. The minimum Gasteiger partial charge on any atom is -0.336 e. The van der Waals surface area contributed by atoms with Crippen molar-refractivity contribution in [3.8, 4) is 6.07 Å². The highest BCUT2D eigenvalue weighted by atomic mass is 16.2.